The van der Waals surface area contributed by atoms with Crippen LogP contribution in [0.5, 0.6) is 0 Å². The number of aryl methyl sites for hydroxylation is 1. The Balaban J connectivity index is 2.87. The maximum atomic E-state index is 12.1. The summed E-state index contributed by atoms with van der Waals surface area (Å²) in [7, 11) is -4.15. The van der Waals surface area contributed by atoms with E-state index in [-0.39, 0.29) is 10.6 Å². The van der Waals surface area contributed by atoms with Crippen LogP contribution in [0, 0.1) is 0 Å². The van der Waals surface area contributed by atoms with E-state index in [0.29, 0.717) is 6.42 Å². The van der Waals surface area contributed by atoms with E-state index in [9.17, 15) is 21.6 Å². The van der Waals surface area contributed by atoms with Gasteiger partial charge in [0.2, 0.25) is 10.0 Å². The number of sulfonamides is 1. The summed E-state index contributed by atoms with van der Waals surface area (Å²) < 4.78 is 61.5. The number of benzene rings is 1. The summed E-state index contributed by atoms with van der Waals surface area (Å²) >= 11 is 0. The average Bonchev–Trinajstić information content (AvgIpc) is 2.34. The van der Waals surface area contributed by atoms with Gasteiger partial charge in [0.05, 0.1) is 4.90 Å². The number of nitrogen functional groups attached to an aromatic ring is 1. The molecule has 1 rings (SSSR count). The predicted octanol–water partition coefficient (Wildman–Crippen LogP) is 1.03. The van der Waals surface area contributed by atoms with Crippen LogP contribution in [-0.4, -0.2) is 32.3 Å². The van der Waals surface area contributed by atoms with Crippen molar-refractivity contribution in [1.29, 1.82) is 0 Å². The van der Waals surface area contributed by atoms with Gasteiger partial charge in [0, 0.05) is 12.2 Å². The van der Waals surface area contributed by atoms with Crippen molar-refractivity contribution in [1.82, 2.24) is 4.72 Å². The molecule has 0 radical (unpaired) electrons. The first kappa shape index (κ1) is 16.7. The van der Waals surface area contributed by atoms with E-state index in [4.69, 9.17) is 10.8 Å². The number of nitrogens with two attached hydrogens (primary N) is 1. The fourth-order valence-corrected chi connectivity index (χ4v) is 2.52. The van der Waals surface area contributed by atoms with Crippen LogP contribution in [0.1, 0.15) is 12.5 Å². The Bertz CT molecular complexity index is 573. The predicted molar refractivity (Wildman–Crippen MR) is 67.5 cm³/mol. The lowest BCUT2D eigenvalue weighted by Gasteiger charge is -2.15. The molecule has 0 fully saturated rings. The van der Waals surface area contributed by atoms with Gasteiger partial charge in [-0.1, -0.05) is 13.0 Å². The van der Waals surface area contributed by atoms with Crippen molar-refractivity contribution in [2.75, 3.05) is 12.3 Å². The lowest BCUT2D eigenvalue weighted by molar-refractivity contribution is -0.200. The van der Waals surface area contributed by atoms with Crippen molar-refractivity contribution in [3.05, 3.63) is 23.8 Å². The van der Waals surface area contributed by atoms with Crippen LogP contribution in [-0.2, 0) is 16.4 Å². The molecule has 0 heterocycles. The molecule has 1 unspecified atom stereocenters. The van der Waals surface area contributed by atoms with Crippen LogP contribution < -0.4 is 10.5 Å². The minimum Gasteiger partial charge on any atom is -0.398 e. The number of halogens is 3. The molecule has 114 valence electrons. The molecular formula is C11H15F3N2O3S. The molecule has 1 aromatic carbocycles. The number of aliphatic hydroxyl groups excluding tert-OH is 1. The number of hydrogen-bond acceptors (Lipinski definition) is 4. The Morgan fingerprint density at radius 1 is 1.40 bits per heavy atom. The molecule has 0 amide bonds. The Kier molecular flexibility index (Phi) is 5.00. The lowest BCUT2D eigenvalue weighted by Crippen LogP contribution is -2.40. The van der Waals surface area contributed by atoms with Gasteiger partial charge in [0.25, 0.3) is 0 Å². The smallest absolute Gasteiger partial charge is 0.398 e. The molecular weight excluding hydrogens is 297 g/mol. The van der Waals surface area contributed by atoms with Gasteiger partial charge >= 0.3 is 6.18 Å². The number of rotatable bonds is 5. The molecule has 0 aliphatic carbocycles. The number of nitrogens with one attached hydrogen (secondary N) is 1. The summed E-state index contributed by atoms with van der Waals surface area (Å²) in [6, 6.07) is 3.91. The second kappa shape index (κ2) is 5.98. The number of alkyl halides is 3. The lowest BCUT2D eigenvalue weighted by atomic mass is 10.1. The summed E-state index contributed by atoms with van der Waals surface area (Å²) in [4.78, 5) is -0.249. The molecule has 0 aromatic heterocycles. The largest absolute Gasteiger partial charge is 0.415 e. The van der Waals surface area contributed by atoms with Gasteiger partial charge in [-0.05, 0) is 24.1 Å². The summed E-state index contributed by atoms with van der Waals surface area (Å²) in [5.74, 6) is 0. The molecule has 0 spiro atoms. The van der Waals surface area contributed by atoms with Gasteiger partial charge in [-0.15, -0.1) is 0 Å². The quantitative estimate of drug-likeness (QED) is 0.708. The van der Waals surface area contributed by atoms with E-state index in [2.05, 4.69) is 0 Å². The SMILES string of the molecule is CCc1ccc(S(=O)(=O)NCC(O)C(F)(F)F)cc1N. The van der Waals surface area contributed by atoms with Gasteiger partial charge in [-0.2, -0.15) is 13.2 Å². The molecule has 0 saturated heterocycles. The van der Waals surface area contributed by atoms with Gasteiger partial charge in [-0.25, -0.2) is 13.1 Å². The van der Waals surface area contributed by atoms with Crippen molar-refractivity contribution >= 4 is 15.7 Å². The third-order valence-electron chi connectivity index (χ3n) is 2.65. The zero-order valence-electron chi connectivity index (χ0n) is 10.6. The summed E-state index contributed by atoms with van der Waals surface area (Å²) in [6.07, 6.45) is -7.04. The van der Waals surface area contributed by atoms with Crippen LogP contribution in [0.25, 0.3) is 0 Å². The van der Waals surface area contributed by atoms with E-state index in [1.807, 2.05) is 6.92 Å². The van der Waals surface area contributed by atoms with E-state index >= 15 is 0 Å². The normalized spacial score (nSPS) is 14.2. The molecule has 5 nitrogen and oxygen atoms in total. The van der Waals surface area contributed by atoms with Crippen LogP contribution in [0.2, 0.25) is 0 Å². The maximum absolute atomic E-state index is 12.1. The van der Waals surface area contributed by atoms with Crippen molar-refractivity contribution in [3.63, 3.8) is 0 Å². The zero-order chi connectivity index (χ0) is 15.6. The van der Waals surface area contributed by atoms with Crippen LogP contribution in [0.15, 0.2) is 23.1 Å². The molecule has 1 atom stereocenters. The Morgan fingerprint density at radius 2 is 2.00 bits per heavy atom. The van der Waals surface area contributed by atoms with E-state index < -0.39 is 28.8 Å². The van der Waals surface area contributed by atoms with Crippen LogP contribution in [0.3, 0.4) is 0 Å². The Morgan fingerprint density at radius 3 is 2.45 bits per heavy atom. The molecule has 1 aromatic rings. The standard InChI is InChI=1S/C11H15F3N2O3S/c1-2-7-3-4-8(5-9(7)15)20(18,19)16-6-10(17)11(12,13)14/h3-5,10,16-17H,2,6,15H2,1H3. The summed E-state index contributed by atoms with van der Waals surface area (Å²) in [5.41, 5.74) is 6.61. The molecule has 9 heteroatoms. The highest BCUT2D eigenvalue weighted by atomic mass is 32.2. The summed E-state index contributed by atoms with van der Waals surface area (Å²) in [5, 5.41) is 8.76. The third kappa shape index (κ3) is 4.09. The Labute approximate surface area is 114 Å². The number of hydrogen-bond donors (Lipinski definition) is 3. The van der Waals surface area contributed by atoms with Crippen molar-refractivity contribution in [3.8, 4) is 0 Å². The fourth-order valence-electron chi connectivity index (χ4n) is 1.45. The highest BCUT2D eigenvalue weighted by molar-refractivity contribution is 7.89. The third-order valence-corrected chi connectivity index (χ3v) is 4.07. The highest BCUT2D eigenvalue weighted by Gasteiger charge is 2.38. The first-order valence-corrected chi connectivity index (χ1v) is 7.19. The number of anilines is 1. The first-order valence-electron chi connectivity index (χ1n) is 5.70. The van der Waals surface area contributed by atoms with Crippen molar-refractivity contribution in [2.24, 2.45) is 0 Å². The Hall–Kier alpha value is -1.32. The van der Waals surface area contributed by atoms with E-state index in [1.165, 1.54) is 18.2 Å². The van der Waals surface area contributed by atoms with Crippen molar-refractivity contribution < 1.29 is 26.7 Å². The molecule has 0 aliphatic heterocycles. The van der Waals surface area contributed by atoms with Gasteiger partial charge in [0.15, 0.2) is 6.10 Å². The van der Waals surface area contributed by atoms with Gasteiger partial charge in [-0.3, -0.25) is 0 Å². The second-order valence-corrected chi connectivity index (χ2v) is 5.89. The minimum atomic E-state index is -4.88. The zero-order valence-corrected chi connectivity index (χ0v) is 11.4. The highest BCUT2D eigenvalue weighted by Crippen LogP contribution is 2.21. The first-order chi connectivity index (χ1) is 9.08. The van der Waals surface area contributed by atoms with Gasteiger partial charge < -0.3 is 10.8 Å². The molecule has 0 aliphatic rings. The van der Waals surface area contributed by atoms with E-state index in [0.717, 1.165) is 5.56 Å². The molecule has 20 heavy (non-hydrogen) atoms. The van der Waals surface area contributed by atoms with Crippen molar-refractivity contribution in [2.45, 2.75) is 30.5 Å². The average molecular weight is 312 g/mol. The molecule has 0 bridgehead atoms. The monoisotopic (exact) mass is 312 g/mol. The molecule has 0 saturated carbocycles. The number of aliphatic hydroxyl groups is 1. The topological polar surface area (TPSA) is 92.4 Å². The van der Waals surface area contributed by atoms with E-state index in [1.54, 1.807) is 4.72 Å². The maximum Gasteiger partial charge on any atom is 0.415 e. The molecule has 4 N–H and O–H groups in total. The van der Waals surface area contributed by atoms with Crippen LogP contribution in [0.4, 0.5) is 18.9 Å². The summed E-state index contributed by atoms with van der Waals surface area (Å²) in [6.45, 7) is 0.680. The van der Waals surface area contributed by atoms with Gasteiger partial charge in [0.1, 0.15) is 0 Å². The fraction of sp³-hybridized carbons (Fsp3) is 0.455. The van der Waals surface area contributed by atoms with Crippen LogP contribution >= 0.6 is 0 Å². The minimum absolute atomic E-state index is 0.242. The second-order valence-electron chi connectivity index (χ2n) is 4.12.